The number of nitrogens with zero attached hydrogens (tertiary/aromatic N) is 1. The molecule has 3 nitrogen and oxygen atoms in total. The minimum Gasteiger partial charge on any atom is -0.295 e. The molecule has 0 unspecified atom stereocenters. The van der Waals surface area contributed by atoms with Crippen molar-refractivity contribution in [1.29, 1.82) is 0 Å². The Hall–Kier alpha value is -2.59. The number of hydrogen-bond donors (Lipinski definition) is 0. The zero-order valence-electron chi connectivity index (χ0n) is 19.0. The van der Waals surface area contributed by atoms with Crippen LogP contribution in [0.2, 0.25) is 0 Å². The maximum absolute atomic E-state index is 12.3. The molecule has 30 heavy (non-hydrogen) atoms. The molecule has 1 rings (SSSR count). The van der Waals surface area contributed by atoms with E-state index in [1.54, 1.807) is 12.2 Å². The number of aromatic nitrogens is 1. The minimum absolute atomic E-state index is 0.0588. The number of hydrogen-bond acceptors (Lipinski definition) is 4. The molecule has 0 aliphatic heterocycles. The summed E-state index contributed by atoms with van der Waals surface area (Å²) in [5.74, 6) is -0.165. The Bertz CT molecular complexity index is 936. The van der Waals surface area contributed by atoms with E-state index in [0.29, 0.717) is 16.2 Å². The van der Waals surface area contributed by atoms with Crippen LogP contribution >= 0.6 is 11.3 Å². The average Bonchev–Trinajstić information content (AvgIpc) is 3.17. The first kappa shape index (κ1) is 25.4. The molecule has 1 heterocycles. The Labute approximate surface area is 185 Å². The van der Waals surface area contributed by atoms with Crippen LogP contribution in [0, 0.1) is 0 Å². The Morgan fingerprint density at radius 2 is 1.83 bits per heavy atom. The van der Waals surface area contributed by atoms with E-state index in [0.717, 1.165) is 36.1 Å². The van der Waals surface area contributed by atoms with Gasteiger partial charge in [-0.2, -0.15) is 0 Å². The van der Waals surface area contributed by atoms with Gasteiger partial charge in [0, 0.05) is 16.5 Å². The van der Waals surface area contributed by atoms with Gasteiger partial charge in [0.25, 0.3) is 0 Å². The molecule has 0 fully saturated rings. The fraction of sp³-hybridized carbons (Fsp3) is 0.346. The van der Waals surface area contributed by atoms with Gasteiger partial charge >= 0.3 is 0 Å². The molecular weight excluding hydrogens is 390 g/mol. The van der Waals surface area contributed by atoms with Crippen LogP contribution in [0.25, 0.3) is 11.1 Å². The molecule has 0 amide bonds. The van der Waals surface area contributed by atoms with E-state index in [1.165, 1.54) is 30.8 Å². The van der Waals surface area contributed by atoms with Crippen molar-refractivity contribution in [1.82, 2.24) is 4.98 Å². The third-order valence-electron chi connectivity index (χ3n) is 4.58. The van der Waals surface area contributed by atoms with Gasteiger partial charge in [0.05, 0.1) is 11.3 Å². The third-order valence-corrected chi connectivity index (χ3v) is 5.46. The molecule has 4 heteroatoms. The van der Waals surface area contributed by atoms with E-state index in [9.17, 15) is 9.59 Å². The zero-order chi connectivity index (χ0) is 22.7. The quantitative estimate of drug-likeness (QED) is 0.277. The number of ketones is 2. The number of carbonyl (C=O) groups is 2. The van der Waals surface area contributed by atoms with Crippen LogP contribution in [0.3, 0.4) is 0 Å². The zero-order valence-corrected chi connectivity index (χ0v) is 19.9. The molecule has 1 aromatic rings. The Morgan fingerprint density at radius 1 is 1.13 bits per heavy atom. The van der Waals surface area contributed by atoms with Crippen molar-refractivity contribution in [3.05, 3.63) is 75.8 Å². The molecule has 0 atom stereocenters. The van der Waals surface area contributed by atoms with Gasteiger partial charge in [-0.25, -0.2) is 4.98 Å². The fourth-order valence-electron chi connectivity index (χ4n) is 3.09. The van der Waals surface area contributed by atoms with E-state index in [-0.39, 0.29) is 11.6 Å². The summed E-state index contributed by atoms with van der Waals surface area (Å²) in [5.41, 5.74) is 5.27. The standard InChI is InChI=1S/C26H33NO2S/c1-8-12-15-23(18(5)13-9-2)22(11-4)25-17-30-26(27-25)24(20(7)29)16-21(14-10-3)19(6)28/h8,11-12,14-17H,1,9-10,13H2,2-7H3/b15-12-,21-14+,22-11+,23-18-,24-16+. The van der Waals surface area contributed by atoms with Crippen LogP contribution in [0.5, 0.6) is 0 Å². The summed E-state index contributed by atoms with van der Waals surface area (Å²) < 4.78 is 0. The van der Waals surface area contributed by atoms with Crippen molar-refractivity contribution < 1.29 is 9.59 Å². The summed E-state index contributed by atoms with van der Waals surface area (Å²) in [7, 11) is 0. The predicted molar refractivity (Wildman–Crippen MR) is 130 cm³/mol. The van der Waals surface area contributed by atoms with Gasteiger partial charge in [-0.15, -0.1) is 11.3 Å². The van der Waals surface area contributed by atoms with Crippen molar-refractivity contribution in [2.75, 3.05) is 0 Å². The van der Waals surface area contributed by atoms with Crippen LogP contribution in [0.1, 0.15) is 71.5 Å². The molecular formula is C26H33NO2S. The smallest absolute Gasteiger partial charge is 0.162 e. The monoisotopic (exact) mass is 423 g/mol. The van der Waals surface area contributed by atoms with Gasteiger partial charge in [0.2, 0.25) is 0 Å². The molecule has 0 aromatic carbocycles. The molecule has 1 aromatic heterocycles. The van der Waals surface area contributed by atoms with Crippen LogP contribution in [-0.4, -0.2) is 16.6 Å². The number of carbonyl (C=O) groups excluding carboxylic acids is 2. The highest BCUT2D eigenvalue weighted by atomic mass is 32.1. The Morgan fingerprint density at radius 3 is 2.33 bits per heavy atom. The highest BCUT2D eigenvalue weighted by molar-refractivity contribution is 7.11. The van der Waals surface area contributed by atoms with Crippen molar-refractivity contribution in [2.24, 2.45) is 0 Å². The summed E-state index contributed by atoms with van der Waals surface area (Å²) in [6, 6.07) is 0. The van der Waals surface area contributed by atoms with Gasteiger partial charge < -0.3 is 0 Å². The second-order valence-electron chi connectivity index (χ2n) is 7.02. The number of Topliss-reactive ketones (excluding diaryl/α,β-unsaturated/α-hetero) is 2. The number of allylic oxidation sites excluding steroid dienone is 11. The highest BCUT2D eigenvalue weighted by Crippen LogP contribution is 2.32. The first-order valence-corrected chi connectivity index (χ1v) is 11.2. The first-order valence-electron chi connectivity index (χ1n) is 10.4. The van der Waals surface area contributed by atoms with Gasteiger partial charge in [-0.1, -0.05) is 62.8 Å². The second kappa shape index (κ2) is 12.9. The van der Waals surface area contributed by atoms with Crippen molar-refractivity contribution >= 4 is 34.0 Å². The van der Waals surface area contributed by atoms with E-state index in [2.05, 4.69) is 32.6 Å². The summed E-state index contributed by atoms with van der Waals surface area (Å²) >= 11 is 1.42. The maximum Gasteiger partial charge on any atom is 0.162 e. The molecule has 0 spiro atoms. The van der Waals surface area contributed by atoms with E-state index in [4.69, 9.17) is 4.98 Å². The fourth-order valence-corrected chi connectivity index (χ4v) is 3.98. The predicted octanol–water partition coefficient (Wildman–Crippen LogP) is 7.30. The summed E-state index contributed by atoms with van der Waals surface area (Å²) in [5, 5.41) is 2.60. The molecule has 0 radical (unpaired) electrons. The van der Waals surface area contributed by atoms with Crippen LogP contribution in [0.4, 0.5) is 0 Å². The SMILES string of the molecule is C=C\C=C/C(=C(\C)CCC)C(=C\C)/c1csc(/C(=C/C(=C\CC)C(C)=O)C(C)=O)n1. The van der Waals surface area contributed by atoms with Gasteiger partial charge in [-0.3, -0.25) is 9.59 Å². The van der Waals surface area contributed by atoms with E-state index in [1.807, 2.05) is 31.4 Å². The minimum atomic E-state index is -0.106. The number of rotatable bonds is 11. The van der Waals surface area contributed by atoms with Crippen molar-refractivity contribution in [3.63, 3.8) is 0 Å². The summed E-state index contributed by atoms with van der Waals surface area (Å²) in [4.78, 5) is 29.1. The largest absolute Gasteiger partial charge is 0.295 e. The maximum atomic E-state index is 12.3. The van der Waals surface area contributed by atoms with Gasteiger partial charge in [0.15, 0.2) is 11.6 Å². The Balaban J connectivity index is 3.53. The summed E-state index contributed by atoms with van der Waals surface area (Å²) in [6.45, 7) is 15.1. The molecule has 0 N–H and O–H groups in total. The molecule has 0 bridgehead atoms. The van der Waals surface area contributed by atoms with E-state index >= 15 is 0 Å². The first-order chi connectivity index (χ1) is 14.3. The molecule has 0 aliphatic carbocycles. The van der Waals surface area contributed by atoms with Crippen molar-refractivity contribution in [3.8, 4) is 0 Å². The topological polar surface area (TPSA) is 47.0 Å². The lowest BCUT2D eigenvalue weighted by atomic mass is 9.95. The Kier molecular flexibility index (Phi) is 10.9. The molecule has 160 valence electrons. The van der Waals surface area contributed by atoms with Crippen LogP contribution in [0.15, 0.2) is 65.1 Å². The molecule has 0 saturated carbocycles. The lowest BCUT2D eigenvalue weighted by molar-refractivity contribution is -0.113. The van der Waals surface area contributed by atoms with Gasteiger partial charge in [0.1, 0.15) is 5.01 Å². The van der Waals surface area contributed by atoms with Gasteiger partial charge in [-0.05, 0) is 52.2 Å². The van der Waals surface area contributed by atoms with E-state index < -0.39 is 0 Å². The molecule has 0 saturated heterocycles. The second-order valence-corrected chi connectivity index (χ2v) is 7.88. The average molecular weight is 424 g/mol. The normalized spacial score (nSPS) is 14.1. The van der Waals surface area contributed by atoms with Crippen LogP contribution in [-0.2, 0) is 9.59 Å². The third kappa shape index (κ3) is 7.03. The number of thiazole rings is 1. The lowest BCUT2D eigenvalue weighted by Gasteiger charge is -2.11. The summed E-state index contributed by atoms with van der Waals surface area (Å²) in [6.07, 6.45) is 14.1. The lowest BCUT2D eigenvalue weighted by Crippen LogP contribution is -2.01. The highest BCUT2D eigenvalue weighted by Gasteiger charge is 2.17. The van der Waals surface area contributed by atoms with Crippen LogP contribution < -0.4 is 0 Å². The molecule has 0 aliphatic rings. The van der Waals surface area contributed by atoms with Crippen molar-refractivity contribution in [2.45, 2.75) is 60.8 Å².